The van der Waals surface area contributed by atoms with Gasteiger partial charge in [-0.25, -0.2) is 0 Å². The number of piperazine rings is 1. The van der Waals surface area contributed by atoms with E-state index in [1.165, 1.54) is 18.2 Å². The Balaban J connectivity index is 1.67. The van der Waals surface area contributed by atoms with Crippen LogP contribution in [0.2, 0.25) is 5.02 Å². The van der Waals surface area contributed by atoms with Gasteiger partial charge in [0.25, 0.3) is 5.91 Å². The maximum Gasteiger partial charge on any atom is 0.310 e. The smallest absolute Gasteiger partial charge is 0.310 e. The van der Waals surface area contributed by atoms with Crippen molar-refractivity contribution in [1.29, 1.82) is 0 Å². The van der Waals surface area contributed by atoms with E-state index in [1.807, 2.05) is 16.7 Å². The number of nitro benzene ring substituents is 1. The zero-order chi connectivity index (χ0) is 22.4. The Kier molecular flexibility index (Phi) is 7.30. The number of halogens is 1. The van der Waals surface area contributed by atoms with E-state index in [0.29, 0.717) is 49.0 Å². The molecule has 1 aliphatic rings. The van der Waals surface area contributed by atoms with E-state index in [-0.39, 0.29) is 17.3 Å². The van der Waals surface area contributed by atoms with Gasteiger partial charge in [-0.3, -0.25) is 19.7 Å². The highest BCUT2D eigenvalue weighted by Crippen LogP contribution is 2.35. The first-order valence-corrected chi connectivity index (χ1v) is 10.3. The lowest BCUT2D eigenvalue weighted by molar-refractivity contribution is -0.385. The number of rotatable bonds is 7. The van der Waals surface area contributed by atoms with E-state index in [4.69, 9.17) is 16.3 Å². The quantitative estimate of drug-likeness (QED) is 0.516. The second-order valence-electron chi connectivity index (χ2n) is 6.92. The largest absolute Gasteiger partial charge is 0.477 e. The number of ether oxygens (including phenoxy) is 1. The topological polar surface area (TPSA) is 105 Å². The van der Waals surface area contributed by atoms with Crippen LogP contribution in [-0.2, 0) is 9.59 Å². The van der Waals surface area contributed by atoms with Gasteiger partial charge in [0.1, 0.15) is 0 Å². The van der Waals surface area contributed by atoms with Crippen LogP contribution >= 0.6 is 11.6 Å². The fourth-order valence-corrected chi connectivity index (χ4v) is 3.69. The first-order chi connectivity index (χ1) is 14.9. The molecular formula is C21H23ClN4O5. The maximum absolute atomic E-state index is 12.5. The minimum atomic E-state index is -0.564. The molecule has 0 radical (unpaired) electrons. The Labute approximate surface area is 184 Å². The van der Waals surface area contributed by atoms with Gasteiger partial charge in [-0.1, -0.05) is 36.7 Å². The van der Waals surface area contributed by atoms with Crippen molar-refractivity contribution in [3.63, 3.8) is 0 Å². The Hall–Kier alpha value is -3.33. The van der Waals surface area contributed by atoms with Crippen molar-refractivity contribution in [3.05, 3.63) is 57.6 Å². The number of nitrogens with zero attached hydrogens (tertiary/aromatic N) is 3. The van der Waals surface area contributed by atoms with E-state index >= 15 is 0 Å². The molecule has 2 aromatic rings. The summed E-state index contributed by atoms with van der Waals surface area (Å²) in [6.45, 7) is 3.77. The summed E-state index contributed by atoms with van der Waals surface area (Å²) >= 11 is 6.42. The molecule has 0 aromatic heterocycles. The van der Waals surface area contributed by atoms with Gasteiger partial charge < -0.3 is 19.9 Å². The summed E-state index contributed by atoms with van der Waals surface area (Å²) in [7, 11) is 0. The molecule has 0 saturated carbocycles. The predicted octanol–water partition coefficient (Wildman–Crippen LogP) is 3.32. The van der Waals surface area contributed by atoms with E-state index in [9.17, 15) is 19.7 Å². The number of amides is 2. The molecule has 2 aromatic carbocycles. The molecular weight excluding hydrogens is 424 g/mol. The van der Waals surface area contributed by atoms with Crippen molar-refractivity contribution in [1.82, 2.24) is 4.90 Å². The molecule has 0 aliphatic carbocycles. The molecule has 1 N–H and O–H groups in total. The fraction of sp³-hybridized carbons (Fsp3) is 0.333. The molecule has 1 fully saturated rings. The van der Waals surface area contributed by atoms with Crippen LogP contribution in [0.25, 0.3) is 0 Å². The molecule has 1 aliphatic heterocycles. The van der Waals surface area contributed by atoms with Gasteiger partial charge in [-0.2, -0.15) is 0 Å². The number of anilines is 2. The zero-order valence-corrected chi connectivity index (χ0v) is 17.8. The van der Waals surface area contributed by atoms with Crippen LogP contribution in [0.5, 0.6) is 5.75 Å². The van der Waals surface area contributed by atoms with Gasteiger partial charge in [0.15, 0.2) is 12.4 Å². The zero-order valence-electron chi connectivity index (χ0n) is 17.0. The molecule has 9 nitrogen and oxygen atoms in total. The van der Waals surface area contributed by atoms with E-state index in [1.54, 1.807) is 24.3 Å². The molecule has 0 bridgehead atoms. The number of para-hydroxylation sites is 3. The number of carbonyl (C=O) groups is 2. The maximum atomic E-state index is 12.5. The van der Waals surface area contributed by atoms with Crippen LogP contribution < -0.4 is 15.0 Å². The molecule has 0 spiro atoms. The van der Waals surface area contributed by atoms with Gasteiger partial charge in [-0.05, 0) is 18.2 Å². The van der Waals surface area contributed by atoms with Crippen molar-refractivity contribution < 1.29 is 19.2 Å². The average molecular weight is 447 g/mol. The van der Waals surface area contributed by atoms with Crippen LogP contribution in [0.4, 0.5) is 17.1 Å². The van der Waals surface area contributed by atoms with Gasteiger partial charge in [0, 0.05) is 38.7 Å². The first-order valence-electron chi connectivity index (χ1n) is 9.88. The number of nitro groups is 1. The predicted molar refractivity (Wildman–Crippen MR) is 118 cm³/mol. The Morgan fingerprint density at radius 1 is 1.13 bits per heavy atom. The third-order valence-corrected chi connectivity index (χ3v) is 5.24. The van der Waals surface area contributed by atoms with Crippen molar-refractivity contribution in [2.45, 2.75) is 13.3 Å². The summed E-state index contributed by atoms with van der Waals surface area (Å²) in [4.78, 5) is 38.7. The summed E-state index contributed by atoms with van der Waals surface area (Å²) in [6.07, 6.45) is 0.465. The van der Waals surface area contributed by atoms with Gasteiger partial charge in [0.05, 0.1) is 21.3 Å². The molecule has 1 heterocycles. The summed E-state index contributed by atoms with van der Waals surface area (Å²) in [5.74, 6) is -0.341. The Morgan fingerprint density at radius 3 is 2.52 bits per heavy atom. The van der Waals surface area contributed by atoms with E-state index in [0.717, 1.165) is 0 Å². The number of hydrogen-bond donors (Lipinski definition) is 1. The number of hydrogen-bond acceptors (Lipinski definition) is 6. The Morgan fingerprint density at radius 2 is 1.84 bits per heavy atom. The molecule has 164 valence electrons. The van der Waals surface area contributed by atoms with Crippen LogP contribution in [0, 0.1) is 10.1 Å². The lowest BCUT2D eigenvalue weighted by atomic mass is 10.2. The van der Waals surface area contributed by atoms with Crippen molar-refractivity contribution in [2.75, 3.05) is 43.0 Å². The molecule has 3 rings (SSSR count). The lowest BCUT2D eigenvalue weighted by Gasteiger charge is -2.37. The lowest BCUT2D eigenvalue weighted by Crippen LogP contribution is -2.48. The molecule has 31 heavy (non-hydrogen) atoms. The fourth-order valence-electron chi connectivity index (χ4n) is 3.40. The minimum Gasteiger partial charge on any atom is -0.477 e. The third kappa shape index (κ3) is 5.43. The number of nitrogens with one attached hydrogen (secondary N) is 1. The monoisotopic (exact) mass is 446 g/mol. The number of benzene rings is 2. The van der Waals surface area contributed by atoms with Crippen LogP contribution in [0.1, 0.15) is 13.3 Å². The SMILES string of the molecule is CCC(=O)N1CCN(c2c(Cl)cccc2NC(=O)COc2ccccc2[N+](=O)[O-])CC1. The molecule has 0 unspecified atom stereocenters. The van der Waals surface area contributed by atoms with E-state index in [2.05, 4.69) is 5.32 Å². The van der Waals surface area contributed by atoms with Crippen molar-refractivity contribution in [2.24, 2.45) is 0 Å². The molecule has 2 amide bonds. The molecule has 0 atom stereocenters. The summed E-state index contributed by atoms with van der Waals surface area (Å²) in [5.41, 5.74) is 0.976. The standard InChI is InChI=1S/C21H23ClN4O5/c1-2-20(28)24-10-12-25(13-11-24)21-15(22)6-5-7-16(21)23-19(27)14-31-18-9-4-3-8-17(18)26(29)30/h3-9H,2,10-14H2,1H3,(H,23,27). The highest BCUT2D eigenvalue weighted by Gasteiger charge is 2.24. The minimum absolute atomic E-state index is 0.0191. The second kappa shape index (κ2) is 10.1. The van der Waals surface area contributed by atoms with Gasteiger partial charge in [-0.15, -0.1) is 0 Å². The van der Waals surface area contributed by atoms with Crippen LogP contribution in [0.3, 0.4) is 0 Å². The summed E-state index contributed by atoms with van der Waals surface area (Å²) in [5, 5.41) is 14.3. The van der Waals surface area contributed by atoms with Gasteiger partial charge >= 0.3 is 5.69 Å². The van der Waals surface area contributed by atoms with E-state index < -0.39 is 17.4 Å². The van der Waals surface area contributed by atoms with Crippen LogP contribution in [0.15, 0.2) is 42.5 Å². The summed E-state index contributed by atoms with van der Waals surface area (Å²) in [6, 6.07) is 11.1. The Bertz CT molecular complexity index is 976. The summed E-state index contributed by atoms with van der Waals surface area (Å²) < 4.78 is 5.36. The normalized spacial score (nSPS) is 13.6. The molecule has 1 saturated heterocycles. The number of carbonyl (C=O) groups excluding carboxylic acids is 2. The first kappa shape index (κ1) is 22.4. The van der Waals surface area contributed by atoms with Gasteiger partial charge in [0.2, 0.25) is 5.91 Å². The molecule has 10 heteroatoms. The third-order valence-electron chi connectivity index (χ3n) is 4.93. The van der Waals surface area contributed by atoms with Crippen molar-refractivity contribution in [3.8, 4) is 5.75 Å². The van der Waals surface area contributed by atoms with Crippen LogP contribution in [-0.4, -0.2) is 54.4 Å². The highest BCUT2D eigenvalue weighted by atomic mass is 35.5. The van der Waals surface area contributed by atoms with Crippen molar-refractivity contribution >= 4 is 40.5 Å². The second-order valence-corrected chi connectivity index (χ2v) is 7.33. The average Bonchev–Trinajstić information content (AvgIpc) is 2.77. The highest BCUT2D eigenvalue weighted by molar-refractivity contribution is 6.34.